The minimum atomic E-state index is -3.53. The number of aromatic amines is 1. The number of sulfonamides is 1. The predicted octanol–water partition coefficient (Wildman–Crippen LogP) is 2.56. The minimum Gasteiger partial charge on any atom is -0.332 e. The normalized spacial score (nSPS) is 12.0. The minimum absolute atomic E-state index is 0.133. The number of rotatable bonds is 5. The van der Waals surface area contributed by atoms with Gasteiger partial charge in [0.1, 0.15) is 5.82 Å². The Bertz CT molecular complexity index is 680. The number of halogens is 1. The van der Waals surface area contributed by atoms with Crippen molar-refractivity contribution in [2.45, 2.75) is 24.9 Å². The van der Waals surface area contributed by atoms with E-state index in [1.165, 1.54) is 10.5 Å². The maximum Gasteiger partial charge on any atom is 0.260 e. The molecule has 0 amide bonds. The van der Waals surface area contributed by atoms with Gasteiger partial charge in [0.2, 0.25) is 0 Å². The van der Waals surface area contributed by atoms with E-state index in [0.717, 1.165) is 10.0 Å². The Morgan fingerprint density at radius 2 is 1.95 bits per heavy atom. The van der Waals surface area contributed by atoms with Crippen LogP contribution in [0.1, 0.15) is 18.3 Å². The van der Waals surface area contributed by atoms with Gasteiger partial charge in [-0.05, 0) is 17.7 Å². The van der Waals surface area contributed by atoms with Crippen molar-refractivity contribution in [2.75, 3.05) is 7.05 Å². The number of aryl methyl sites for hydroxylation is 1. The highest BCUT2D eigenvalue weighted by Gasteiger charge is 2.23. The third-order valence-corrected chi connectivity index (χ3v) is 5.19. The Balaban J connectivity index is 2.18. The summed E-state index contributed by atoms with van der Waals surface area (Å²) in [5.41, 5.74) is 0.925. The summed E-state index contributed by atoms with van der Waals surface area (Å²) in [6.45, 7) is 2.23. The molecule has 0 radical (unpaired) electrons. The number of aromatic nitrogens is 2. The zero-order valence-electron chi connectivity index (χ0n) is 11.3. The fourth-order valence-corrected chi connectivity index (χ4v) is 3.11. The van der Waals surface area contributed by atoms with Gasteiger partial charge in [-0.3, -0.25) is 0 Å². The van der Waals surface area contributed by atoms with Crippen molar-refractivity contribution in [3.63, 3.8) is 0 Å². The highest BCUT2D eigenvalue weighted by atomic mass is 79.9. The second kappa shape index (κ2) is 6.07. The molecule has 0 unspecified atom stereocenters. The number of H-pyrrole nitrogens is 1. The summed E-state index contributed by atoms with van der Waals surface area (Å²) >= 11 is 3.35. The smallest absolute Gasteiger partial charge is 0.260 e. The SMILES string of the molecule is CCc1ncc(S(=O)(=O)N(C)Cc2ccc(Br)cc2)[nH]1. The lowest BCUT2D eigenvalue weighted by molar-refractivity contribution is 0.464. The van der Waals surface area contributed by atoms with Crippen LogP contribution in [0.5, 0.6) is 0 Å². The Morgan fingerprint density at radius 3 is 2.50 bits per heavy atom. The Kier molecular flexibility index (Phi) is 4.62. The van der Waals surface area contributed by atoms with Crippen molar-refractivity contribution in [1.29, 1.82) is 0 Å². The number of hydrogen-bond acceptors (Lipinski definition) is 3. The van der Waals surface area contributed by atoms with Crippen molar-refractivity contribution in [3.05, 3.63) is 46.3 Å². The van der Waals surface area contributed by atoms with Crippen LogP contribution in [-0.2, 0) is 23.0 Å². The molecular weight excluding hydrogens is 342 g/mol. The van der Waals surface area contributed by atoms with Crippen LogP contribution in [0.25, 0.3) is 0 Å². The van der Waals surface area contributed by atoms with E-state index in [9.17, 15) is 8.42 Å². The number of imidazole rings is 1. The highest BCUT2D eigenvalue weighted by molar-refractivity contribution is 9.10. The van der Waals surface area contributed by atoms with Gasteiger partial charge in [0, 0.05) is 24.5 Å². The molecule has 2 rings (SSSR count). The lowest BCUT2D eigenvalue weighted by Gasteiger charge is -2.16. The fourth-order valence-electron chi connectivity index (χ4n) is 1.75. The molecular formula is C13H16BrN3O2S. The summed E-state index contributed by atoms with van der Waals surface area (Å²) in [6.07, 6.45) is 2.04. The van der Waals surface area contributed by atoms with E-state index >= 15 is 0 Å². The lowest BCUT2D eigenvalue weighted by Crippen LogP contribution is -2.26. The fraction of sp³-hybridized carbons (Fsp3) is 0.308. The largest absolute Gasteiger partial charge is 0.332 e. The van der Waals surface area contributed by atoms with E-state index in [1.54, 1.807) is 7.05 Å². The summed E-state index contributed by atoms with van der Waals surface area (Å²) in [5.74, 6) is 0.667. The molecule has 0 atom stereocenters. The zero-order valence-corrected chi connectivity index (χ0v) is 13.7. The quantitative estimate of drug-likeness (QED) is 0.893. The summed E-state index contributed by atoms with van der Waals surface area (Å²) < 4.78 is 27.0. The molecule has 0 aliphatic heterocycles. The zero-order chi connectivity index (χ0) is 14.8. The van der Waals surface area contributed by atoms with Crippen molar-refractivity contribution < 1.29 is 8.42 Å². The van der Waals surface area contributed by atoms with Crippen molar-refractivity contribution in [1.82, 2.24) is 14.3 Å². The molecule has 0 saturated carbocycles. The number of hydrogen-bond donors (Lipinski definition) is 1. The molecule has 108 valence electrons. The summed E-state index contributed by atoms with van der Waals surface area (Å²) in [7, 11) is -1.97. The number of nitrogens with zero attached hydrogens (tertiary/aromatic N) is 2. The standard InChI is InChI=1S/C13H16BrN3O2S/c1-3-12-15-8-13(16-12)20(18,19)17(2)9-10-4-6-11(14)7-5-10/h4-8H,3,9H2,1-2H3,(H,15,16). The third-order valence-electron chi connectivity index (χ3n) is 2.95. The van der Waals surface area contributed by atoms with E-state index in [1.807, 2.05) is 31.2 Å². The molecule has 20 heavy (non-hydrogen) atoms. The van der Waals surface area contributed by atoms with Gasteiger partial charge in [-0.2, -0.15) is 4.31 Å². The average molecular weight is 358 g/mol. The second-order valence-corrected chi connectivity index (χ2v) is 7.36. The van der Waals surface area contributed by atoms with E-state index in [0.29, 0.717) is 18.8 Å². The van der Waals surface area contributed by atoms with Crippen molar-refractivity contribution in [3.8, 4) is 0 Å². The number of nitrogens with one attached hydrogen (secondary N) is 1. The molecule has 1 heterocycles. The van der Waals surface area contributed by atoms with Crippen LogP contribution in [0.15, 0.2) is 40.0 Å². The maximum atomic E-state index is 12.4. The summed E-state index contributed by atoms with van der Waals surface area (Å²) in [4.78, 5) is 6.87. The van der Waals surface area contributed by atoms with Gasteiger partial charge in [-0.1, -0.05) is 35.0 Å². The summed E-state index contributed by atoms with van der Waals surface area (Å²) in [5, 5.41) is 0.133. The van der Waals surface area contributed by atoms with E-state index < -0.39 is 10.0 Å². The van der Waals surface area contributed by atoms with Crippen LogP contribution in [0, 0.1) is 0 Å². The van der Waals surface area contributed by atoms with Crippen LogP contribution < -0.4 is 0 Å². The van der Waals surface area contributed by atoms with Gasteiger partial charge in [0.15, 0.2) is 5.03 Å². The maximum absolute atomic E-state index is 12.4. The van der Waals surface area contributed by atoms with Gasteiger partial charge in [-0.25, -0.2) is 13.4 Å². The Hall–Kier alpha value is -1.18. The molecule has 2 aromatic rings. The molecule has 0 bridgehead atoms. The molecule has 1 aromatic carbocycles. The van der Waals surface area contributed by atoms with Gasteiger partial charge < -0.3 is 4.98 Å². The monoisotopic (exact) mass is 357 g/mol. The Labute approximate surface area is 127 Å². The molecule has 1 aromatic heterocycles. The second-order valence-electron chi connectivity index (χ2n) is 4.44. The molecule has 0 aliphatic carbocycles. The van der Waals surface area contributed by atoms with Crippen LogP contribution in [0.3, 0.4) is 0 Å². The van der Waals surface area contributed by atoms with Crippen LogP contribution >= 0.6 is 15.9 Å². The van der Waals surface area contributed by atoms with Crippen LogP contribution in [0.2, 0.25) is 0 Å². The topological polar surface area (TPSA) is 66.1 Å². The molecule has 1 N–H and O–H groups in total. The molecule has 7 heteroatoms. The Morgan fingerprint density at radius 1 is 1.30 bits per heavy atom. The van der Waals surface area contributed by atoms with E-state index in [2.05, 4.69) is 25.9 Å². The third kappa shape index (κ3) is 3.28. The van der Waals surface area contributed by atoms with E-state index in [-0.39, 0.29) is 5.03 Å². The average Bonchev–Trinajstić information content (AvgIpc) is 2.90. The molecule has 5 nitrogen and oxygen atoms in total. The predicted molar refractivity (Wildman–Crippen MR) is 80.8 cm³/mol. The first-order valence-corrected chi connectivity index (χ1v) is 8.41. The first-order valence-electron chi connectivity index (χ1n) is 6.18. The highest BCUT2D eigenvalue weighted by Crippen LogP contribution is 2.17. The molecule has 0 aliphatic rings. The van der Waals surface area contributed by atoms with E-state index in [4.69, 9.17) is 0 Å². The molecule has 0 spiro atoms. The molecule has 0 fully saturated rings. The van der Waals surface area contributed by atoms with Gasteiger partial charge in [-0.15, -0.1) is 0 Å². The first kappa shape index (κ1) is 15.2. The van der Waals surface area contributed by atoms with Gasteiger partial charge in [0.05, 0.1) is 6.20 Å². The first-order chi connectivity index (χ1) is 9.43. The van der Waals surface area contributed by atoms with Gasteiger partial charge >= 0.3 is 0 Å². The van der Waals surface area contributed by atoms with Crippen LogP contribution in [-0.4, -0.2) is 29.7 Å². The number of benzene rings is 1. The van der Waals surface area contributed by atoms with Crippen LogP contribution in [0.4, 0.5) is 0 Å². The lowest BCUT2D eigenvalue weighted by atomic mass is 10.2. The molecule has 0 saturated heterocycles. The summed E-state index contributed by atoms with van der Waals surface area (Å²) in [6, 6.07) is 7.56. The van der Waals surface area contributed by atoms with Crippen molar-refractivity contribution >= 4 is 26.0 Å². The van der Waals surface area contributed by atoms with Gasteiger partial charge in [0.25, 0.3) is 10.0 Å². The van der Waals surface area contributed by atoms with Crippen molar-refractivity contribution in [2.24, 2.45) is 0 Å².